The van der Waals surface area contributed by atoms with Gasteiger partial charge in [0.25, 0.3) is 0 Å². The number of hydrogen-bond acceptors (Lipinski definition) is 2. The molecule has 1 aliphatic carbocycles. The highest BCUT2D eigenvalue weighted by Gasteiger charge is 2.18. The third kappa shape index (κ3) is 3.49. The monoisotopic (exact) mass is 247 g/mol. The standard InChI is InChI=1S/C16H25NO/c1-17(2)10-4-5-13-6-7-15-12-16(18-3)9-8-14(15)11-13/h8-9,12-13H,4-7,10-11H2,1-3H3. The Balaban J connectivity index is 1.90. The van der Waals surface area contributed by atoms with Crippen LogP contribution in [-0.2, 0) is 12.8 Å². The minimum Gasteiger partial charge on any atom is -0.497 e. The predicted molar refractivity (Wildman–Crippen MR) is 76.3 cm³/mol. The van der Waals surface area contributed by atoms with Crippen LogP contribution in [0.3, 0.4) is 0 Å². The van der Waals surface area contributed by atoms with Gasteiger partial charge in [-0.25, -0.2) is 0 Å². The molecule has 0 aromatic heterocycles. The molecule has 0 amide bonds. The lowest BCUT2D eigenvalue weighted by atomic mass is 9.81. The fourth-order valence-corrected chi connectivity index (χ4v) is 2.88. The first-order valence-electron chi connectivity index (χ1n) is 6.99. The highest BCUT2D eigenvalue weighted by molar-refractivity contribution is 5.37. The molecule has 0 saturated carbocycles. The Morgan fingerprint density at radius 2 is 2.11 bits per heavy atom. The van der Waals surface area contributed by atoms with Crippen LogP contribution in [0.5, 0.6) is 5.75 Å². The third-order valence-corrected chi connectivity index (χ3v) is 3.96. The summed E-state index contributed by atoms with van der Waals surface area (Å²) in [6, 6.07) is 6.57. The van der Waals surface area contributed by atoms with Crippen molar-refractivity contribution in [2.24, 2.45) is 5.92 Å². The maximum absolute atomic E-state index is 5.29. The van der Waals surface area contributed by atoms with Gasteiger partial charge in [-0.3, -0.25) is 0 Å². The van der Waals surface area contributed by atoms with Gasteiger partial charge in [0.2, 0.25) is 0 Å². The van der Waals surface area contributed by atoms with Crippen molar-refractivity contribution in [1.82, 2.24) is 4.90 Å². The number of fused-ring (bicyclic) bond motifs is 1. The molecule has 0 radical (unpaired) electrons. The van der Waals surface area contributed by atoms with Crippen LogP contribution in [-0.4, -0.2) is 32.6 Å². The van der Waals surface area contributed by atoms with E-state index in [-0.39, 0.29) is 0 Å². The van der Waals surface area contributed by atoms with Gasteiger partial charge in [0.05, 0.1) is 7.11 Å². The number of ether oxygens (including phenoxy) is 1. The highest BCUT2D eigenvalue weighted by atomic mass is 16.5. The quantitative estimate of drug-likeness (QED) is 0.792. The maximum Gasteiger partial charge on any atom is 0.119 e. The first-order chi connectivity index (χ1) is 8.69. The fourth-order valence-electron chi connectivity index (χ4n) is 2.88. The van der Waals surface area contributed by atoms with Crippen molar-refractivity contribution in [3.8, 4) is 5.75 Å². The molecule has 2 nitrogen and oxygen atoms in total. The summed E-state index contributed by atoms with van der Waals surface area (Å²) in [5.74, 6) is 1.88. The summed E-state index contributed by atoms with van der Waals surface area (Å²) in [6.07, 6.45) is 6.51. The van der Waals surface area contributed by atoms with Crippen LogP contribution in [0.1, 0.15) is 30.4 Å². The molecule has 0 spiro atoms. The Hall–Kier alpha value is -1.02. The van der Waals surface area contributed by atoms with Crippen molar-refractivity contribution in [1.29, 1.82) is 0 Å². The van der Waals surface area contributed by atoms with E-state index in [1.807, 2.05) is 0 Å². The van der Waals surface area contributed by atoms with Gasteiger partial charge in [0.15, 0.2) is 0 Å². The molecule has 0 aliphatic heterocycles. The van der Waals surface area contributed by atoms with Gasteiger partial charge in [-0.2, -0.15) is 0 Å². The molecule has 0 fully saturated rings. The Morgan fingerprint density at radius 3 is 2.83 bits per heavy atom. The molecule has 1 unspecified atom stereocenters. The lowest BCUT2D eigenvalue weighted by molar-refractivity contribution is 0.348. The smallest absolute Gasteiger partial charge is 0.119 e. The molecule has 0 N–H and O–H groups in total. The van der Waals surface area contributed by atoms with Crippen molar-refractivity contribution in [3.63, 3.8) is 0 Å². The number of nitrogens with zero attached hydrogens (tertiary/aromatic N) is 1. The minimum atomic E-state index is 0.880. The highest BCUT2D eigenvalue weighted by Crippen LogP contribution is 2.30. The summed E-state index contributed by atoms with van der Waals surface area (Å²) in [7, 11) is 6.06. The van der Waals surface area contributed by atoms with Gasteiger partial charge in [-0.1, -0.05) is 6.07 Å². The van der Waals surface area contributed by atoms with Crippen LogP contribution < -0.4 is 4.74 Å². The molecular formula is C16H25NO. The van der Waals surface area contributed by atoms with E-state index in [2.05, 4.69) is 37.2 Å². The van der Waals surface area contributed by atoms with Gasteiger partial charge >= 0.3 is 0 Å². The van der Waals surface area contributed by atoms with Crippen molar-refractivity contribution >= 4 is 0 Å². The number of aryl methyl sites for hydroxylation is 1. The summed E-state index contributed by atoms with van der Waals surface area (Å²) < 4.78 is 5.29. The van der Waals surface area contributed by atoms with Crippen molar-refractivity contribution < 1.29 is 4.74 Å². The Kier molecular flexibility index (Phi) is 4.65. The Morgan fingerprint density at radius 1 is 1.28 bits per heavy atom. The van der Waals surface area contributed by atoms with E-state index in [4.69, 9.17) is 4.74 Å². The van der Waals surface area contributed by atoms with Crippen LogP contribution in [0.2, 0.25) is 0 Å². The summed E-state index contributed by atoms with van der Waals surface area (Å²) in [6.45, 7) is 1.21. The predicted octanol–water partition coefficient (Wildman–Crippen LogP) is 3.14. The van der Waals surface area contributed by atoms with Gasteiger partial charge in [0.1, 0.15) is 5.75 Å². The van der Waals surface area contributed by atoms with E-state index in [1.54, 1.807) is 7.11 Å². The number of benzene rings is 1. The molecule has 0 heterocycles. The molecule has 1 aromatic rings. The van der Waals surface area contributed by atoms with E-state index in [9.17, 15) is 0 Å². The topological polar surface area (TPSA) is 12.5 Å². The van der Waals surface area contributed by atoms with Gasteiger partial charge in [0, 0.05) is 0 Å². The zero-order valence-electron chi connectivity index (χ0n) is 11.9. The van der Waals surface area contributed by atoms with Crippen molar-refractivity contribution in [2.45, 2.75) is 32.1 Å². The molecule has 1 atom stereocenters. The van der Waals surface area contributed by atoms with E-state index in [0.717, 1.165) is 11.7 Å². The minimum absolute atomic E-state index is 0.880. The molecule has 0 saturated heterocycles. The lowest BCUT2D eigenvalue weighted by Gasteiger charge is -2.25. The SMILES string of the molecule is COc1ccc2c(c1)CCC(CCCN(C)C)C2. The third-order valence-electron chi connectivity index (χ3n) is 3.96. The molecule has 1 aromatic carbocycles. The van der Waals surface area contributed by atoms with Crippen LogP contribution in [0.4, 0.5) is 0 Å². The average molecular weight is 247 g/mol. The summed E-state index contributed by atoms with van der Waals surface area (Å²) in [4.78, 5) is 2.28. The largest absolute Gasteiger partial charge is 0.497 e. The maximum atomic E-state index is 5.29. The van der Waals surface area contributed by atoms with E-state index in [1.165, 1.54) is 49.8 Å². The van der Waals surface area contributed by atoms with Crippen LogP contribution in [0, 0.1) is 5.92 Å². The first kappa shape index (κ1) is 13.4. The zero-order chi connectivity index (χ0) is 13.0. The molecular weight excluding hydrogens is 222 g/mol. The number of methoxy groups -OCH3 is 1. The second kappa shape index (κ2) is 6.24. The lowest BCUT2D eigenvalue weighted by Crippen LogP contribution is -2.18. The summed E-state index contributed by atoms with van der Waals surface area (Å²) in [5, 5.41) is 0. The Bertz CT molecular complexity index is 387. The van der Waals surface area contributed by atoms with E-state index in [0.29, 0.717) is 0 Å². The molecule has 0 bridgehead atoms. The molecule has 2 rings (SSSR count). The van der Waals surface area contributed by atoms with Crippen molar-refractivity contribution in [3.05, 3.63) is 29.3 Å². The average Bonchev–Trinajstić information content (AvgIpc) is 2.37. The molecule has 2 heteroatoms. The van der Waals surface area contributed by atoms with Crippen LogP contribution >= 0.6 is 0 Å². The Labute approximate surface area is 111 Å². The zero-order valence-corrected chi connectivity index (χ0v) is 11.9. The van der Waals surface area contributed by atoms with E-state index >= 15 is 0 Å². The first-order valence-corrected chi connectivity index (χ1v) is 6.99. The second-order valence-corrected chi connectivity index (χ2v) is 5.69. The van der Waals surface area contributed by atoms with Gasteiger partial charge in [-0.05, 0) is 81.9 Å². The van der Waals surface area contributed by atoms with E-state index < -0.39 is 0 Å². The van der Waals surface area contributed by atoms with Crippen molar-refractivity contribution in [2.75, 3.05) is 27.7 Å². The molecule has 1 aliphatic rings. The van der Waals surface area contributed by atoms with Gasteiger partial charge < -0.3 is 9.64 Å². The van der Waals surface area contributed by atoms with Gasteiger partial charge in [-0.15, -0.1) is 0 Å². The molecule has 100 valence electrons. The summed E-state index contributed by atoms with van der Waals surface area (Å²) in [5.41, 5.74) is 3.04. The number of hydrogen-bond donors (Lipinski definition) is 0. The normalized spacial score (nSPS) is 18.8. The summed E-state index contributed by atoms with van der Waals surface area (Å²) >= 11 is 0. The second-order valence-electron chi connectivity index (χ2n) is 5.69. The molecule has 18 heavy (non-hydrogen) atoms. The number of rotatable bonds is 5. The fraction of sp³-hybridized carbons (Fsp3) is 0.625. The van der Waals surface area contributed by atoms with Crippen LogP contribution in [0.25, 0.3) is 0 Å². The van der Waals surface area contributed by atoms with Crippen LogP contribution in [0.15, 0.2) is 18.2 Å².